The van der Waals surface area contributed by atoms with E-state index in [0.717, 1.165) is 5.56 Å². The van der Waals surface area contributed by atoms with Gasteiger partial charge in [0.15, 0.2) is 6.17 Å². The lowest BCUT2D eigenvalue weighted by Crippen LogP contribution is -2.42. The van der Waals surface area contributed by atoms with E-state index in [1.165, 1.54) is 13.3 Å². The fourth-order valence-electron chi connectivity index (χ4n) is 1.77. The van der Waals surface area contributed by atoms with Crippen LogP contribution in [0.15, 0.2) is 49.1 Å². The Kier molecular flexibility index (Phi) is 4.49. The Bertz CT molecular complexity index is 566. The normalized spacial score (nSPS) is 11.7. The molecule has 1 unspecified atom stereocenters. The van der Waals surface area contributed by atoms with Gasteiger partial charge in [0.05, 0.1) is 6.33 Å². The number of imidazole rings is 1. The quantitative estimate of drug-likeness (QED) is 0.846. The van der Waals surface area contributed by atoms with Gasteiger partial charge < -0.3 is 15.2 Å². The summed E-state index contributed by atoms with van der Waals surface area (Å²) < 4.78 is 1.54. The first-order chi connectivity index (χ1) is 9.66. The predicted octanol–water partition coefficient (Wildman–Crippen LogP) is 0.834. The third-order valence-electron chi connectivity index (χ3n) is 2.72. The van der Waals surface area contributed by atoms with Crippen LogP contribution in [0.25, 0.3) is 0 Å². The minimum atomic E-state index is -0.793. The fraction of sp³-hybridized carbons (Fsp3) is 0.214. The molecule has 1 aromatic carbocycles. The van der Waals surface area contributed by atoms with Gasteiger partial charge in [-0.15, -0.1) is 0 Å². The topological polar surface area (TPSA) is 76.0 Å². The lowest BCUT2D eigenvalue weighted by atomic mass is 10.2. The first-order valence-electron chi connectivity index (χ1n) is 6.23. The molecule has 0 aliphatic carbocycles. The lowest BCUT2D eigenvalue weighted by molar-refractivity contribution is -0.130. The average molecular weight is 272 g/mol. The maximum Gasteiger partial charge on any atom is 0.264 e. The summed E-state index contributed by atoms with van der Waals surface area (Å²) >= 11 is 0. The van der Waals surface area contributed by atoms with Crippen LogP contribution in [0.3, 0.4) is 0 Å². The van der Waals surface area contributed by atoms with Crippen molar-refractivity contribution in [2.24, 2.45) is 0 Å². The molecule has 6 nitrogen and oxygen atoms in total. The van der Waals surface area contributed by atoms with Crippen molar-refractivity contribution in [3.05, 3.63) is 54.6 Å². The van der Waals surface area contributed by atoms with E-state index >= 15 is 0 Å². The van der Waals surface area contributed by atoms with Crippen LogP contribution >= 0.6 is 0 Å². The molecule has 1 aromatic heterocycles. The standard InChI is InChI=1S/C14H16N4O2/c1-11(19)17-13(18-8-7-15-10-18)14(20)16-9-12-5-3-2-4-6-12/h2-8,10,13H,9H2,1H3,(H,16,20)(H,17,19). The van der Waals surface area contributed by atoms with Gasteiger partial charge in [-0.25, -0.2) is 4.98 Å². The summed E-state index contributed by atoms with van der Waals surface area (Å²) in [6.45, 7) is 1.78. The van der Waals surface area contributed by atoms with Crippen molar-refractivity contribution in [3.63, 3.8) is 0 Å². The molecule has 0 bridgehead atoms. The number of hydrogen-bond acceptors (Lipinski definition) is 3. The van der Waals surface area contributed by atoms with Crippen molar-refractivity contribution >= 4 is 11.8 Å². The first-order valence-corrected chi connectivity index (χ1v) is 6.23. The number of rotatable bonds is 5. The second kappa shape index (κ2) is 6.51. The molecule has 6 heteroatoms. The maximum atomic E-state index is 12.2. The molecular weight excluding hydrogens is 256 g/mol. The van der Waals surface area contributed by atoms with E-state index in [4.69, 9.17) is 0 Å². The zero-order valence-corrected chi connectivity index (χ0v) is 11.1. The molecule has 2 N–H and O–H groups in total. The Morgan fingerprint density at radius 3 is 2.65 bits per heavy atom. The minimum Gasteiger partial charge on any atom is -0.349 e. The highest BCUT2D eigenvalue weighted by molar-refractivity contribution is 5.85. The zero-order chi connectivity index (χ0) is 14.4. The molecule has 1 heterocycles. The van der Waals surface area contributed by atoms with Crippen LogP contribution in [-0.4, -0.2) is 21.4 Å². The molecule has 2 aromatic rings. The second-order valence-corrected chi connectivity index (χ2v) is 4.32. The van der Waals surface area contributed by atoms with Crippen LogP contribution in [0.1, 0.15) is 18.7 Å². The third-order valence-corrected chi connectivity index (χ3v) is 2.72. The molecule has 2 amide bonds. The van der Waals surface area contributed by atoms with Crippen LogP contribution in [0, 0.1) is 0 Å². The van der Waals surface area contributed by atoms with Gasteiger partial charge in [-0.05, 0) is 5.56 Å². The number of aromatic nitrogens is 2. The van der Waals surface area contributed by atoms with Crippen molar-refractivity contribution in [1.82, 2.24) is 20.2 Å². The summed E-state index contributed by atoms with van der Waals surface area (Å²) in [4.78, 5) is 27.3. The number of nitrogens with one attached hydrogen (secondary N) is 2. The van der Waals surface area contributed by atoms with Gasteiger partial charge in [-0.2, -0.15) is 0 Å². The Morgan fingerprint density at radius 2 is 2.05 bits per heavy atom. The van der Waals surface area contributed by atoms with E-state index in [-0.39, 0.29) is 11.8 Å². The summed E-state index contributed by atoms with van der Waals surface area (Å²) in [6, 6.07) is 9.57. The summed E-state index contributed by atoms with van der Waals surface area (Å²) in [7, 11) is 0. The monoisotopic (exact) mass is 272 g/mol. The molecule has 1 atom stereocenters. The van der Waals surface area contributed by atoms with Crippen LogP contribution in [0.4, 0.5) is 0 Å². The second-order valence-electron chi connectivity index (χ2n) is 4.32. The Hall–Kier alpha value is -2.63. The van der Waals surface area contributed by atoms with E-state index in [2.05, 4.69) is 15.6 Å². The van der Waals surface area contributed by atoms with E-state index in [1.54, 1.807) is 17.0 Å². The molecule has 0 aliphatic heterocycles. The first kappa shape index (κ1) is 13.8. The number of carbonyl (C=O) groups excluding carboxylic acids is 2. The fourth-order valence-corrected chi connectivity index (χ4v) is 1.77. The molecule has 20 heavy (non-hydrogen) atoms. The molecule has 0 saturated carbocycles. The zero-order valence-electron chi connectivity index (χ0n) is 11.1. The lowest BCUT2D eigenvalue weighted by Gasteiger charge is -2.18. The Labute approximate surface area is 116 Å². The van der Waals surface area contributed by atoms with Gasteiger partial charge in [-0.3, -0.25) is 9.59 Å². The molecule has 0 saturated heterocycles. The highest BCUT2D eigenvalue weighted by Crippen LogP contribution is 2.04. The summed E-state index contributed by atoms with van der Waals surface area (Å²) in [5.41, 5.74) is 0.994. The van der Waals surface area contributed by atoms with Gasteiger partial charge in [0.2, 0.25) is 5.91 Å². The van der Waals surface area contributed by atoms with Crippen molar-refractivity contribution in [2.45, 2.75) is 19.6 Å². The summed E-state index contributed by atoms with van der Waals surface area (Å²) in [6.07, 6.45) is 3.88. The van der Waals surface area contributed by atoms with Gasteiger partial charge in [0.1, 0.15) is 0 Å². The van der Waals surface area contributed by atoms with Crippen LogP contribution in [-0.2, 0) is 16.1 Å². The smallest absolute Gasteiger partial charge is 0.264 e. The van der Waals surface area contributed by atoms with Crippen molar-refractivity contribution in [1.29, 1.82) is 0 Å². The molecule has 2 rings (SSSR count). The van der Waals surface area contributed by atoms with Gasteiger partial charge >= 0.3 is 0 Å². The van der Waals surface area contributed by atoms with Crippen LogP contribution < -0.4 is 10.6 Å². The SMILES string of the molecule is CC(=O)NC(C(=O)NCc1ccccc1)n1ccnc1. The van der Waals surface area contributed by atoms with Crippen molar-refractivity contribution < 1.29 is 9.59 Å². The van der Waals surface area contributed by atoms with Crippen molar-refractivity contribution in [2.75, 3.05) is 0 Å². The molecule has 0 radical (unpaired) electrons. The maximum absolute atomic E-state index is 12.2. The molecular formula is C14H16N4O2. The number of carbonyl (C=O) groups is 2. The summed E-state index contributed by atoms with van der Waals surface area (Å²) in [5, 5.41) is 5.38. The Balaban J connectivity index is 2.02. The van der Waals surface area contributed by atoms with E-state index < -0.39 is 6.17 Å². The summed E-state index contributed by atoms with van der Waals surface area (Å²) in [5.74, 6) is -0.569. The van der Waals surface area contributed by atoms with E-state index in [0.29, 0.717) is 6.54 Å². The number of nitrogens with zero attached hydrogens (tertiary/aromatic N) is 2. The molecule has 0 aliphatic rings. The number of hydrogen-bond donors (Lipinski definition) is 2. The molecule has 104 valence electrons. The van der Waals surface area contributed by atoms with Gasteiger partial charge in [-0.1, -0.05) is 30.3 Å². The van der Waals surface area contributed by atoms with Crippen molar-refractivity contribution in [3.8, 4) is 0 Å². The minimum absolute atomic E-state index is 0.279. The number of amides is 2. The van der Waals surface area contributed by atoms with Crippen LogP contribution in [0.2, 0.25) is 0 Å². The highest BCUT2D eigenvalue weighted by Gasteiger charge is 2.20. The van der Waals surface area contributed by atoms with Gasteiger partial charge in [0.25, 0.3) is 5.91 Å². The third kappa shape index (κ3) is 3.68. The van der Waals surface area contributed by atoms with Gasteiger partial charge in [0, 0.05) is 25.9 Å². The average Bonchev–Trinajstić information content (AvgIpc) is 2.97. The van der Waals surface area contributed by atoms with E-state index in [9.17, 15) is 9.59 Å². The van der Waals surface area contributed by atoms with E-state index in [1.807, 2.05) is 30.3 Å². The number of benzene rings is 1. The van der Waals surface area contributed by atoms with Crippen LogP contribution in [0.5, 0.6) is 0 Å². The molecule has 0 fully saturated rings. The highest BCUT2D eigenvalue weighted by atomic mass is 16.2. The molecule has 0 spiro atoms. The Morgan fingerprint density at radius 1 is 1.30 bits per heavy atom. The largest absolute Gasteiger partial charge is 0.349 e. The predicted molar refractivity (Wildman–Crippen MR) is 73.4 cm³/mol.